The van der Waals surface area contributed by atoms with Crippen LogP contribution in [0, 0.1) is 0 Å². The number of hydrogen-bond acceptors (Lipinski definition) is 7. The molecule has 3 heterocycles. The van der Waals surface area contributed by atoms with Crippen molar-refractivity contribution >= 4 is 45.6 Å². The van der Waals surface area contributed by atoms with Crippen molar-refractivity contribution in [3.63, 3.8) is 0 Å². The molecule has 5 rings (SSSR count). The van der Waals surface area contributed by atoms with Crippen LogP contribution in [0.5, 0.6) is 0 Å². The second-order valence-corrected chi connectivity index (χ2v) is 8.79. The smallest absolute Gasteiger partial charge is 0.261 e. The number of carbonyl (C=O) groups excluding carboxylic acids is 3. The van der Waals surface area contributed by atoms with Crippen LogP contribution in [0.4, 0.5) is 16.5 Å². The van der Waals surface area contributed by atoms with Gasteiger partial charge in [-0.25, -0.2) is 4.98 Å². The standard InChI is InChI=1S/C26H21N5O3S/c32-23(6-3-15-31-24(33)20-4-1-2-5-21(20)25(31)34)28-18-7-9-19(10-8-18)29-26-30-22(16-35-26)17-11-13-27-14-12-17/h1-2,4-5,7-14,16H,3,6,15H2,(H,28,32)(H,29,30). The Bertz CT molecular complexity index is 1350. The summed E-state index contributed by atoms with van der Waals surface area (Å²) >= 11 is 1.51. The quantitative estimate of drug-likeness (QED) is 0.343. The van der Waals surface area contributed by atoms with Gasteiger partial charge in [-0.3, -0.25) is 24.3 Å². The second-order valence-electron chi connectivity index (χ2n) is 7.94. The number of amides is 3. The van der Waals surface area contributed by atoms with Crippen LogP contribution in [-0.2, 0) is 4.79 Å². The molecule has 1 aliphatic rings. The minimum atomic E-state index is -0.303. The molecule has 0 saturated heterocycles. The van der Waals surface area contributed by atoms with Crippen LogP contribution in [0.1, 0.15) is 33.6 Å². The molecule has 0 radical (unpaired) electrons. The van der Waals surface area contributed by atoms with Gasteiger partial charge in [-0.05, 0) is 55.0 Å². The number of carbonyl (C=O) groups is 3. The summed E-state index contributed by atoms with van der Waals surface area (Å²) in [7, 11) is 0. The van der Waals surface area contributed by atoms with Gasteiger partial charge in [-0.15, -0.1) is 11.3 Å². The Morgan fingerprint density at radius 2 is 1.54 bits per heavy atom. The molecule has 0 fully saturated rings. The number of fused-ring (bicyclic) bond motifs is 1. The maximum Gasteiger partial charge on any atom is 0.261 e. The number of nitrogens with one attached hydrogen (secondary N) is 2. The number of aromatic nitrogens is 2. The molecule has 35 heavy (non-hydrogen) atoms. The van der Waals surface area contributed by atoms with Crippen molar-refractivity contribution in [2.45, 2.75) is 12.8 Å². The summed E-state index contributed by atoms with van der Waals surface area (Å²) in [6, 6.07) is 17.9. The predicted octanol–water partition coefficient (Wildman–Crippen LogP) is 4.96. The lowest BCUT2D eigenvalue weighted by Gasteiger charge is -2.13. The van der Waals surface area contributed by atoms with Gasteiger partial charge in [-0.2, -0.15) is 0 Å². The Hall–Kier alpha value is -4.37. The predicted molar refractivity (Wildman–Crippen MR) is 135 cm³/mol. The molecule has 1 aliphatic heterocycles. The van der Waals surface area contributed by atoms with E-state index in [-0.39, 0.29) is 30.7 Å². The van der Waals surface area contributed by atoms with Gasteiger partial charge in [0.1, 0.15) is 0 Å². The Kier molecular flexibility index (Phi) is 6.32. The minimum absolute atomic E-state index is 0.177. The highest BCUT2D eigenvalue weighted by Gasteiger charge is 2.34. The molecule has 0 atom stereocenters. The molecule has 2 aromatic heterocycles. The third kappa shape index (κ3) is 4.95. The van der Waals surface area contributed by atoms with Crippen LogP contribution in [0.25, 0.3) is 11.3 Å². The number of imide groups is 1. The summed E-state index contributed by atoms with van der Waals surface area (Å²) in [4.78, 5) is 47.0. The summed E-state index contributed by atoms with van der Waals surface area (Å²) in [6.45, 7) is 0.206. The molecule has 0 saturated carbocycles. The first kappa shape index (κ1) is 22.4. The maximum absolute atomic E-state index is 12.4. The van der Waals surface area contributed by atoms with E-state index in [0.717, 1.165) is 22.1 Å². The summed E-state index contributed by atoms with van der Waals surface area (Å²) < 4.78 is 0. The molecule has 3 amide bonds. The molecular formula is C26H21N5O3S. The first-order chi connectivity index (χ1) is 17.1. The van der Waals surface area contributed by atoms with Crippen molar-refractivity contribution in [3.8, 4) is 11.3 Å². The zero-order valence-corrected chi connectivity index (χ0v) is 19.4. The fourth-order valence-electron chi connectivity index (χ4n) is 3.81. The summed E-state index contributed by atoms with van der Waals surface area (Å²) in [5.41, 5.74) is 4.24. The third-order valence-electron chi connectivity index (χ3n) is 5.56. The zero-order chi connectivity index (χ0) is 24.2. The molecular weight excluding hydrogens is 462 g/mol. The van der Waals surface area contributed by atoms with E-state index in [1.165, 1.54) is 16.2 Å². The highest BCUT2D eigenvalue weighted by atomic mass is 32.1. The van der Waals surface area contributed by atoms with E-state index in [1.54, 1.807) is 36.7 Å². The number of hydrogen-bond donors (Lipinski definition) is 2. The van der Waals surface area contributed by atoms with Crippen molar-refractivity contribution < 1.29 is 14.4 Å². The zero-order valence-electron chi connectivity index (χ0n) is 18.6. The molecule has 0 aliphatic carbocycles. The molecule has 9 heteroatoms. The van der Waals surface area contributed by atoms with E-state index in [1.807, 2.05) is 41.8 Å². The minimum Gasteiger partial charge on any atom is -0.332 e. The highest BCUT2D eigenvalue weighted by Crippen LogP contribution is 2.27. The Morgan fingerprint density at radius 3 is 2.23 bits per heavy atom. The number of thiazole rings is 1. The first-order valence-corrected chi connectivity index (χ1v) is 11.9. The van der Waals surface area contributed by atoms with Crippen LogP contribution in [0.15, 0.2) is 78.4 Å². The topological polar surface area (TPSA) is 104 Å². The Balaban J connectivity index is 1.10. The highest BCUT2D eigenvalue weighted by molar-refractivity contribution is 7.14. The van der Waals surface area contributed by atoms with E-state index >= 15 is 0 Å². The van der Waals surface area contributed by atoms with Crippen LogP contribution in [0.2, 0.25) is 0 Å². The number of nitrogens with zero attached hydrogens (tertiary/aromatic N) is 3. The SMILES string of the molecule is O=C(CCCN1C(=O)c2ccccc2C1=O)Nc1ccc(Nc2nc(-c3ccncc3)cs2)cc1. The molecule has 2 N–H and O–H groups in total. The van der Waals surface area contributed by atoms with Gasteiger partial charge in [0, 0.05) is 47.7 Å². The van der Waals surface area contributed by atoms with Gasteiger partial charge in [0.2, 0.25) is 5.91 Å². The molecule has 8 nitrogen and oxygen atoms in total. The normalized spacial score (nSPS) is 12.5. The molecule has 174 valence electrons. The molecule has 0 unspecified atom stereocenters. The average Bonchev–Trinajstić information content (AvgIpc) is 3.45. The van der Waals surface area contributed by atoms with Gasteiger partial charge >= 0.3 is 0 Å². The first-order valence-electron chi connectivity index (χ1n) is 11.1. The average molecular weight is 484 g/mol. The number of anilines is 3. The fourth-order valence-corrected chi connectivity index (χ4v) is 4.55. The second kappa shape index (κ2) is 9.86. The maximum atomic E-state index is 12.4. The lowest BCUT2D eigenvalue weighted by molar-refractivity contribution is -0.116. The summed E-state index contributed by atoms with van der Waals surface area (Å²) in [5.74, 6) is -0.784. The summed E-state index contributed by atoms with van der Waals surface area (Å²) in [6.07, 6.45) is 4.06. The Labute approximate surface area is 205 Å². The number of pyridine rings is 1. The van der Waals surface area contributed by atoms with Crippen molar-refractivity contribution in [1.82, 2.24) is 14.9 Å². The van der Waals surface area contributed by atoms with E-state index < -0.39 is 0 Å². The largest absolute Gasteiger partial charge is 0.332 e. The number of benzene rings is 2. The lowest BCUT2D eigenvalue weighted by atomic mass is 10.1. The fraction of sp³-hybridized carbons (Fsp3) is 0.115. The molecule has 0 bridgehead atoms. The molecule has 2 aromatic carbocycles. The van der Waals surface area contributed by atoms with Crippen LogP contribution < -0.4 is 10.6 Å². The monoisotopic (exact) mass is 483 g/mol. The molecule has 0 spiro atoms. The van der Waals surface area contributed by atoms with Crippen LogP contribution in [-0.4, -0.2) is 39.1 Å². The van der Waals surface area contributed by atoms with Gasteiger partial charge in [0.05, 0.1) is 16.8 Å². The molecule has 4 aromatic rings. The van der Waals surface area contributed by atoms with Gasteiger partial charge < -0.3 is 10.6 Å². The lowest BCUT2D eigenvalue weighted by Crippen LogP contribution is -2.31. The van der Waals surface area contributed by atoms with Crippen molar-refractivity contribution in [1.29, 1.82) is 0 Å². The van der Waals surface area contributed by atoms with Crippen molar-refractivity contribution in [2.75, 3.05) is 17.2 Å². The van der Waals surface area contributed by atoms with Crippen LogP contribution in [0.3, 0.4) is 0 Å². The van der Waals surface area contributed by atoms with E-state index in [4.69, 9.17) is 0 Å². The van der Waals surface area contributed by atoms with Gasteiger partial charge in [0.25, 0.3) is 11.8 Å². The van der Waals surface area contributed by atoms with E-state index in [2.05, 4.69) is 20.6 Å². The van der Waals surface area contributed by atoms with Gasteiger partial charge in [0.15, 0.2) is 5.13 Å². The van der Waals surface area contributed by atoms with Gasteiger partial charge in [-0.1, -0.05) is 12.1 Å². The Morgan fingerprint density at radius 1 is 0.886 bits per heavy atom. The van der Waals surface area contributed by atoms with Crippen LogP contribution >= 0.6 is 11.3 Å². The summed E-state index contributed by atoms with van der Waals surface area (Å²) in [5, 5.41) is 8.86. The third-order valence-corrected chi connectivity index (χ3v) is 6.32. The number of rotatable bonds is 8. The van der Waals surface area contributed by atoms with E-state index in [9.17, 15) is 14.4 Å². The van der Waals surface area contributed by atoms with E-state index in [0.29, 0.717) is 23.2 Å². The van der Waals surface area contributed by atoms with Crippen molar-refractivity contribution in [3.05, 3.63) is 89.6 Å². The van der Waals surface area contributed by atoms with Crippen molar-refractivity contribution in [2.24, 2.45) is 0 Å².